The van der Waals surface area contributed by atoms with E-state index < -0.39 is 0 Å². The first-order valence-corrected chi connectivity index (χ1v) is 15.2. The summed E-state index contributed by atoms with van der Waals surface area (Å²) in [5.41, 5.74) is 0.0772. The Morgan fingerprint density at radius 1 is 0.850 bits per heavy atom. The van der Waals surface area contributed by atoms with Crippen LogP contribution in [-0.4, -0.2) is 68.9 Å². The summed E-state index contributed by atoms with van der Waals surface area (Å²) in [5.74, 6) is -0.730. The SMILES string of the molecule is CCCCN1C(C)(C)CC(OC(=O)c2ccc(C(=O)OC3CCC(C)(C)N(OC(C)C)C(C)(C)C3)cc2)C1(C)C. The second kappa shape index (κ2) is 12.1. The highest BCUT2D eigenvalue weighted by molar-refractivity contribution is 5.93. The van der Waals surface area contributed by atoms with Gasteiger partial charge < -0.3 is 9.47 Å². The summed E-state index contributed by atoms with van der Waals surface area (Å²) >= 11 is 0. The van der Waals surface area contributed by atoms with E-state index in [0.717, 1.165) is 38.6 Å². The third-order valence-corrected chi connectivity index (χ3v) is 8.73. The van der Waals surface area contributed by atoms with Crippen LogP contribution in [-0.2, 0) is 14.3 Å². The lowest BCUT2D eigenvalue weighted by atomic mass is 9.95. The third kappa shape index (κ3) is 7.27. The van der Waals surface area contributed by atoms with E-state index in [4.69, 9.17) is 14.3 Å². The van der Waals surface area contributed by atoms with Gasteiger partial charge in [0.2, 0.25) is 0 Å². The summed E-state index contributed by atoms with van der Waals surface area (Å²) in [6.07, 6.45) is 4.93. The third-order valence-electron chi connectivity index (χ3n) is 8.73. The molecule has 2 atom stereocenters. The Kier molecular flexibility index (Phi) is 9.85. The molecule has 0 spiro atoms. The van der Waals surface area contributed by atoms with Crippen molar-refractivity contribution < 1.29 is 23.9 Å². The summed E-state index contributed by atoms with van der Waals surface area (Å²) in [4.78, 5) is 34.9. The number of hydroxylamine groups is 2. The number of benzene rings is 1. The van der Waals surface area contributed by atoms with Crippen molar-refractivity contribution in [1.82, 2.24) is 9.96 Å². The molecule has 7 heteroatoms. The van der Waals surface area contributed by atoms with E-state index in [9.17, 15) is 9.59 Å². The van der Waals surface area contributed by atoms with E-state index in [1.54, 1.807) is 24.3 Å². The zero-order valence-corrected chi connectivity index (χ0v) is 26.9. The minimum absolute atomic E-state index is 0.0447. The van der Waals surface area contributed by atoms with Gasteiger partial charge in [-0.05, 0) is 119 Å². The number of esters is 2. The van der Waals surface area contributed by atoms with Crippen molar-refractivity contribution in [2.75, 3.05) is 6.54 Å². The normalized spacial score (nSPS) is 25.9. The molecule has 0 radical (unpaired) electrons. The van der Waals surface area contributed by atoms with Gasteiger partial charge in [0, 0.05) is 29.5 Å². The van der Waals surface area contributed by atoms with Crippen LogP contribution in [0.5, 0.6) is 0 Å². The number of hydrogen-bond donors (Lipinski definition) is 0. The van der Waals surface area contributed by atoms with Crippen molar-refractivity contribution in [3.05, 3.63) is 35.4 Å². The quantitative estimate of drug-likeness (QED) is 0.297. The Balaban J connectivity index is 1.65. The molecule has 1 aromatic rings. The molecule has 0 bridgehead atoms. The molecule has 40 heavy (non-hydrogen) atoms. The lowest BCUT2D eigenvalue weighted by Crippen LogP contribution is -2.55. The lowest BCUT2D eigenvalue weighted by Gasteiger charge is -2.46. The van der Waals surface area contributed by atoms with Crippen LogP contribution < -0.4 is 0 Å². The molecule has 2 unspecified atom stereocenters. The van der Waals surface area contributed by atoms with Gasteiger partial charge in [-0.3, -0.25) is 9.74 Å². The Labute approximate surface area is 242 Å². The number of nitrogens with zero attached hydrogens (tertiary/aromatic N) is 2. The lowest BCUT2D eigenvalue weighted by molar-refractivity contribution is -0.284. The molecule has 1 aromatic carbocycles. The number of carbonyl (C=O) groups is 2. The molecule has 3 rings (SSSR count). The van der Waals surface area contributed by atoms with Crippen molar-refractivity contribution in [2.45, 2.75) is 155 Å². The van der Waals surface area contributed by atoms with Crippen LogP contribution >= 0.6 is 0 Å². The summed E-state index contributed by atoms with van der Waals surface area (Å²) in [6.45, 7) is 24.7. The van der Waals surface area contributed by atoms with E-state index >= 15 is 0 Å². The zero-order valence-electron chi connectivity index (χ0n) is 26.9. The van der Waals surface area contributed by atoms with Gasteiger partial charge in [-0.25, -0.2) is 9.59 Å². The second-order valence-corrected chi connectivity index (χ2v) is 14.5. The Bertz CT molecular complexity index is 1030. The van der Waals surface area contributed by atoms with Crippen LogP contribution in [0, 0.1) is 0 Å². The summed E-state index contributed by atoms with van der Waals surface area (Å²) < 4.78 is 12.1. The van der Waals surface area contributed by atoms with Crippen molar-refractivity contribution in [3.63, 3.8) is 0 Å². The molecular formula is C33H54N2O5. The molecule has 0 aliphatic carbocycles. The van der Waals surface area contributed by atoms with Crippen LogP contribution in [0.3, 0.4) is 0 Å². The van der Waals surface area contributed by atoms with Gasteiger partial charge >= 0.3 is 11.9 Å². The van der Waals surface area contributed by atoms with Crippen molar-refractivity contribution in [2.24, 2.45) is 0 Å². The highest BCUT2D eigenvalue weighted by atomic mass is 16.7. The van der Waals surface area contributed by atoms with Gasteiger partial charge in [0.1, 0.15) is 12.2 Å². The maximum atomic E-state index is 13.1. The smallest absolute Gasteiger partial charge is 0.338 e. The highest BCUT2D eigenvalue weighted by Crippen LogP contribution is 2.43. The van der Waals surface area contributed by atoms with E-state index in [-0.39, 0.29) is 52.4 Å². The molecule has 0 amide bonds. The average molecular weight is 559 g/mol. The van der Waals surface area contributed by atoms with Gasteiger partial charge in [0.25, 0.3) is 0 Å². The van der Waals surface area contributed by atoms with Crippen molar-refractivity contribution in [1.29, 1.82) is 0 Å². The monoisotopic (exact) mass is 558 g/mol. The topological polar surface area (TPSA) is 68.3 Å². The number of likely N-dealkylation sites (tertiary alicyclic amines) is 1. The summed E-state index contributed by atoms with van der Waals surface area (Å²) in [5, 5.41) is 2.09. The first-order chi connectivity index (χ1) is 18.4. The van der Waals surface area contributed by atoms with Gasteiger partial charge in [-0.1, -0.05) is 13.3 Å². The van der Waals surface area contributed by atoms with Gasteiger partial charge in [0.05, 0.1) is 22.8 Å². The predicted molar refractivity (Wildman–Crippen MR) is 159 cm³/mol. The summed E-state index contributed by atoms with van der Waals surface area (Å²) in [7, 11) is 0. The fourth-order valence-corrected chi connectivity index (χ4v) is 6.79. The summed E-state index contributed by atoms with van der Waals surface area (Å²) in [6, 6.07) is 6.66. The molecule has 2 saturated heterocycles. The Morgan fingerprint density at radius 2 is 1.40 bits per heavy atom. The number of unbranched alkanes of at least 4 members (excludes halogenated alkanes) is 1. The van der Waals surface area contributed by atoms with E-state index in [1.807, 2.05) is 13.8 Å². The maximum absolute atomic E-state index is 13.1. The first-order valence-electron chi connectivity index (χ1n) is 15.2. The predicted octanol–water partition coefficient (Wildman–Crippen LogP) is 7.18. The van der Waals surface area contributed by atoms with E-state index in [0.29, 0.717) is 17.5 Å². The molecule has 226 valence electrons. The molecule has 2 aliphatic heterocycles. The Morgan fingerprint density at radius 3 is 1.93 bits per heavy atom. The van der Waals surface area contributed by atoms with Gasteiger partial charge in [-0.15, -0.1) is 0 Å². The first kappa shape index (κ1) is 32.6. The largest absolute Gasteiger partial charge is 0.459 e. The van der Waals surface area contributed by atoms with Crippen LogP contribution in [0.15, 0.2) is 24.3 Å². The van der Waals surface area contributed by atoms with Crippen LogP contribution in [0.2, 0.25) is 0 Å². The highest BCUT2D eigenvalue weighted by Gasteiger charge is 2.53. The van der Waals surface area contributed by atoms with Crippen LogP contribution in [0.4, 0.5) is 0 Å². The molecule has 2 heterocycles. The fourth-order valence-electron chi connectivity index (χ4n) is 6.79. The molecule has 0 N–H and O–H groups in total. The van der Waals surface area contributed by atoms with Crippen molar-refractivity contribution >= 4 is 11.9 Å². The Hall–Kier alpha value is -1.96. The van der Waals surface area contributed by atoms with Gasteiger partial charge in [-0.2, -0.15) is 5.06 Å². The molecule has 2 fully saturated rings. The van der Waals surface area contributed by atoms with E-state index in [2.05, 4.69) is 72.3 Å². The number of rotatable bonds is 9. The minimum atomic E-state index is -0.373. The van der Waals surface area contributed by atoms with Gasteiger partial charge in [0.15, 0.2) is 0 Å². The second-order valence-electron chi connectivity index (χ2n) is 14.5. The number of hydrogen-bond acceptors (Lipinski definition) is 7. The molecule has 7 nitrogen and oxygen atoms in total. The minimum Gasteiger partial charge on any atom is -0.459 e. The average Bonchev–Trinajstić information content (AvgIpc) is 2.96. The zero-order chi connectivity index (χ0) is 30.1. The fraction of sp³-hybridized carbons (Fsp3) is 0.758. The van der Waals surface area contributed by atoms with Crippen LogP contribution in [0.1, 0.15) is 135 Å². The number of ether oxygens (including phenoxy) is 2. The molecule has 0 saturated carbocycles. The van der Waals surface area contributed by atoms with Crippen molar-refractivity contribution in [3.8, 4) is 0 Å². The molecule has 0 aromatic heterocycles. The van der Waals surface area contributed by atoms with E-state index in [1.165, 1.54) is 0 Å². The number of carbonyl (C=O) groups excluding carboxylic acids is 2. The molecular weight excluding hydrogens is 504 g/mol. The standard InChI is InChI=1S/C33H54N2O5/c1-12-13-20-34-31(6,7)22-27(33(34,10)11)39-29(37)25-16-14-24(15-17-25)28(36)38-26-18-19-30(4,5)35(40-23(2)3)32(8,9)21-26/h14-17,23,26-27H,12-13,18-22H2,1-11H3. The maximum Gasteiger partial charge on any atom is 0.338 e. The van der Waals surface area contributed by atoms with Crippen LogP contribution in [0.25, 0.3) is 0 Å². The molecule has 2 aliphatic rings.